The quantitative estimate of drug-likeness (QED) is 0.585. The van der Waals surface area contributed by atoms with E-state index in [1.54, 1.807) is 28.6 Å². The molecule has 0 spiro atoms. The average molecular weight is 384 g/mol. The van der Waals surface area contributed by atoms with Gasteiger partial charge in [-0.05, 0) is 42.3 Å². The molecule has 1 aliphatic heterocycles. The Balaban J connectivity index is 1.76. The van der Waals surface area contributed by atoms with Crippen molar-refractivity contribution in [2.45, 2.75) is 23.9 Å². The number of rotatable bonds is 4. The first-order valence-corrected chi connectivity index (χ1v) is 10.2. The fourth-order valence-electron chi connectivity index (χ4n) is 3.31. The minimum Gasteiger partial charge on any atom is -0.207 e. The Morgan fingerprint density at radius 1 is 0.769 bits per heavy atom. The first kappa shape index (κ1) is 17.3. The third kappa shape index (κ3) is 3.05. The van der Waals surface area contributed by atoms with Crippen molar-refractivity contribution in [3.63, 3.8) is 0 Å². The number of halogens is 1. The van der Waals surface area contributed by atoms with Crippen molar-refractivity contribution < 1.29 is 8.42 Å². The van der Waals surface area contributed by atoms with E-state index >= 15 is 0 Å². The number of nitrogens with zero attached hydrogens (tertiary/aromatic N) is 1. The number of hydrogen-bond donors (Lipinski definition) is 0. The van der Waals surface area contributed by atoms with Gasteiger partial charge in [0.05, 0.1) is 17.0 Å². The molecule has 0 aromatic heterocycles. The van der Waals surface area contributed by atoms with Crippen molar-refractivity contribution in [2.24, 2.45) is 0 Å². The molecular weight excluding hydrogens is 366 g/mol. The lowest BCUT2D eigenvalue weighted by Crippen LogP contribution is -2.13. The van der Waals surface area contributed by atoms with Gasteiger partial charge in [0.1, 0.15) is 0 Å². The zero-order chi connectivity index (χ0) is 18.3. The average Bonchev–Trinajstić information content (AvgIpc) is 3.40. The predicted octanol–water partition coefficient (Wildman–Crippen LogP) is 5.14. The maximum Gasteiger partial charge on any atom is 0.244 e. The SMILES string of the molecule is Cc1ccc(S(=O)(=O)N2C(c3ccccc3)C2c2ccc(Cl)cc2)cc1. The van der Waals surface area contributed by atoms with Crippen molar-refractivity contribution in [2.75, 3.05) is 0 Å². The molecule has 3 aromatic carbocycles. The van der Waals surface area contributed by atoms with Gasteiger partial charge in [0.25, 0.3) is 0 Å². The summed E-state index contributed by atoms with van der Waals surface area (Å²) in [5.74, 6) is 0. The summed E-state index contributed by atoms with van der Waals surface area (Å²) < 4.78 is 28.1. The molecule has 0 amide bonds. The highest BCUT2D eigenvalue weighted by molar-refractivity contribution is 7.89. The highest BCUT2D eigenvalue weighted by atomic mass is 35.5. The van der Waals surface area contributed by atoms with Gasteiger partial charge in [-0.3, -0.25) is 0 Å². The predicted molar refractivity (Wildman–Crippen MR) is 104 cm³/mol. The van der Waals surface area contributed by atoms with Crippen molar-refractivity contribution in [3.05, 3.63) is 101 Å². The molecule has 0 radical (unpaired) electrons. The molecule has 0 N–H and O–H groups in total. The molecule has 3 atom stereocenters. The lowest BCUT2D eigenvalue weighted by Gasteiger charge is -2.07. The van der Waals surface area contributed by atoms with Crippen LogP contribution in [0.3, 0.4) is 0 Å². The second kappa shape index (κ2) is 6.54. The topological polar surface area (TPSA) is 37.1 Å². The third-order valence-corrected chi connectivity index (χ3v) is 6.84. The van der Waals surface area contributed by atoms with Gasteiger partial charge in [-0.15, -0.1) is 0 Å². The zero-order valence-corrected chi connectivity index (χ0v) is 15.8. The minimum atomic E-state index is -3.59. The van der Waals surface area contributed by atoms with E-state index < -0.39 is 10.0 Å². The summed E-state index contributed by atoms with van der Waals surface area (Å²) in [6.07, 6.45) is 0. The van der Waals surface area contributed by atoms with Crippen LogP contribution in [0.5, 0.6) is 0 Å². The van der Waals surface area contributed by atoms with E-state index in [2.05, 4.69) is 0 Å². The lowest BCUT2D eigenvalue weighted by atomic mass is 10.0. The van der Waals surface area contributed by atoms with Crippen LogP contribution in [-0.2, 0) is 10.0 Å². The number of hydrogen-bond acceptors (Lipinski definition) is 2. The van der Waals surface area contributed by atoms with Gasteiger partial charge in [0.15, 0.2) is 0 Å². The normalized spacial score (nSPS) is 22.2. The minimum absolute atomic E-state index is 0.205. The van der Waals surface area contributed by atoms with Gasteiger partial charge in [0, 0.05) is 5.02 Å². The summed E-state index contributed by atoms with van der Waals surface area (Å²) >= 11 is 6.00. The summed E-state index contributed by atoms with van der Waals surface area (Å²) in [6.45, 7) is 1.94. The van der Waals surface area contributed by atoms with Gasteiger partial charge in [-0.1, -0.05) is 71.8 Å². The molecule has 1 saturated heterocycles. The fraction of sp³-hybridized carbons (Fsp3) is 0.143. The molecule has 1 aliphatic rings. The van der Waals surface area contributed by atoms with Gasteiger partial charge < -0.3 is 0 Å². The Morgan fingerprint density at radius 3 is 1.88 bits per heavy atom. The van der Waals surface area contributed by atoms with E-state index in [1.807, 2.05) is 61.5 Å². The largest absolute Gasteiger partial charge is 0.244 e. The molecular formula is C21H18ClNO2S. The summed E-state index contributed by atoms with van der Waals surface area (Å²) in [4.78, 5) is 0.320. The van der Waals surface area contributed by atoms with Crippen molar-refractivity contribution in [1.82, 2.24) is 4.31 Å². The highest BCUT2D eigenvalue weighted by Crippen LogP contribution is 2.57. The highest BCUT2D eigenvalue weighted by Gasteiger charge is 2.56. The van der Waals surface area contributed by atoms with Gasteiger partial charge in [0.2, 0.25) is 10.0 Å². The van der Waals surface area contributed by atoms with Crippen molar-refractivity contribution >= 4 is 21.6 Å². The maximum atomic E-state index is 13.2. The van der Waals surface area contributed by atoms with Crippen molar-refractivity contribution in [1.29, 1.82) is 0 Å². The number of benzene rings is 3. The van der Waals surface area contributed by atoms with E-state index in [0.29, 0.717) is 9.92 Å². The second-order valence-electron chi connectivity index (χ2n) is 6.50. The Morgan fingerprint density at radius 2 is 1.31 bits per heavy atom. The molecule has 3 aromatic rings. The summed E-state index contributed by atoms with van der Waals surface area (Å²) in [7, 11) is -3.59. The van der Waals surface area contributed by atoms with Crippen LogP contribution in [0.25, 0.3) is 0 Å². The molecule has 5 heteroatoms. The Kier molecular flexibility index (Phi) is 4.35. The van der Waals surface area contributed by atoms with E-state index in [9.17, 15) is 8.42 Å². The first-order chi connectivity index (χ1) is 12.5. The zero-order valence-electron chi connectivity index (χ0n) is 14.2. The Bertz CT molecular complexity index is 1020. The van der Waals surface area contributed by atoms with Crippen LogP contribution < -0.4 is 0 Å². The monoisotopic (exact) mass is 383 g/mol. The van der Waals surface area contributed by atoms with E-state index in [1.165, 1.54) is 0 Å². The summed E-state index contributed by atoms with van der Waals surface area (Å²) in [5.41, 5.74) is 2.96. The molecule has 132 valence electrons. The third-order valence-electron chi connectivity index (χ3n) is 4.71. The molecule has 0 aliphatic carbocycles. The molecule has 0 bridgehead atoms. The molecule has 4 rings (SSSR count). The van der Waals surface area contributed by atoms with Crippen LogP contribution in [0, 0.1) is 6.92 Å². The van der Waals surface area contributed by atoms with Crippen LogP contribution in [0.1, 0.15) is 28.8 Å². The smallest absolute Gasteiger partial charge is 0.207 e. The number of sulfonamides is 1. The fourth-order valence-corrected chi connectivity index (χ4v) is 5.18. The first-order valence-electron chi connectivity index (χ1n) is 8.39. The molecule has 1 fully saturated rings. The maximum absolute atomic E-state index is 13.2. The molecule has 3 unspecified atom stereocenters. The Labute approximate surface area is 158 Å². The van der Waals surface area contributed by atoms with Crippen LogP contribution >= 0.6 is 11.6 Å². The lowest BCUT2D eigenvalue weighted by molar-refractivity contribution is 0.547. The van der Waals surface area contributed by atoms with Gasteiger partial charge in [-0.25, -0.2) is 8.42 Å². The van der Waals surface area contributed by atoms with Crippen LogP contribution in [0.4, 0.5) is 0 Å². The summed E-state index contributed by atoms with van der Waals surface area (Å²) in [5, 5.41) is 0.638. The molecule has 26 heavy (non-hydrogen) atoms. The van der Waals surface area contributed by atoms with Gasteiger partial charge in [-0.2, -0.15) is 4.31 Å². The van der Waals surface area contributed by atoms with E-state index in [0.717, 1.165) is 16.7 Å². The molecule has 0 saturated carbocycles. The summed E-state index contributed by atoms with van der Waals surface area (Å²) in [6, 6.07) is 23.7. The van der Waals surface area contributed by atoms with Crippen LogP contribution in [-0.4, -0.2) is 12.7 Å². The molecule has 1 heterocycles. The van der Waals surface area contributed by atoms with Crippen LogP contribution in [0.15, 0.2) is 83.8 Å². The molecule has 3 nitrogen and oxygen atoms in total. The van der Waals surface area contributed by atoms with Gasteiger partial charge >= 0.3 is 0 Å². The van der Waals surface area contributed by atoms with Crippen molar-refractivity contribution in [3.8, 4) is 0 Å². The van der Waals surface area contributed by atoms with E-state index in [-0.39, 0.29) is 12.1 Å². The van der Waals surface area contributed by atoms with Crippen LogP contribution in [0.2, 0.25) is 5.02 Å². The second-order valence-corrected chi connectivity index (χ2v) is 8.78. The Hall–Kier alpha value is -2.14. The van der Waals surface area contributed by atoms with E-state index in [4.69, 9.17) is 11.6 Å². The standard InChI is InChI=1S/C21H18ClNO2S/c1-15-7-13-19(14-8-15)26(24,25)23-20(16-5-3-2-4-6-16)21(23)17-9-11-18(22)12-10-17/h2-14,20-21H,1H3. The number of aryl methyl sites for hydroxylation is 1.